The molecule has 3 atom stereocenters. The van der Waals surface area contributed by atoms with Crippen LogP contribution in [0.15, 0.2) is 24.3 Å². The Morgan fingerprint density at radius 3 is 2.56 bits per heavy atom. The molecule has 4 saturated carbocycles. The van der Waals surface area contributed by atoms with Crippen LogP contribution >= 0.6 is 11.6 Å². The van der Waals surface area contributed by atoms with E-state index < -0.39 is 17.4 Å². The number of hydrogen-bond acceptors (Lipinski definition) is 4. The molecule has 1 N–H and O–H groups in total. The highest BCUT2D eigenvalue weighted by Crippen LogP contribution is 2.64. The number of halogens is 1. The number of rotatable bonds is 4. The SMILES string of the molecule is C[C@@H](OC(=O)C12C[C@H]3C[C@@H](CC(Cl)(C3)C1)C2)C(=O)Nc1ccccc1C#N. The standard InChI is InChI=1S/C21H23ClN2O3/c1-13(18(25)24-17-5-3-2-4-16(17)11-23)27-19(26)20-7-14-6-15(8-20)10-21(22,9-14)12-20/h2-5,13-15H,6-10,12H2,1H3,(H,24,25)/t13-,14-,15-,20?,21?/m1/s1. The first kappa shape index (κ1) is 18.3. The first-order chi connectivity index (χ1) is 12.8. The second kappa shape index (κ2) is 6.53. The minimum absolute atomic E-state index is 0.277. The summed E-state index contributed by atoms with van der Waals surface area (Å²) in [5, 5.41) is 11.8. The molecule has 1 amide bonds. The molecular weight excluding hydrogens is 364 g/mol. The Balaban J connectivity index is 1.44. The fraction of sp³-hybridized carbons (Fsp3) is 0.571. The van der Waals surface area contributed by atoms with E-state index in [1.54, 1.807) is 31.2 Å². The van der Waals surface area contributed by atoms with Crippen LogP contribution in [-0.2, 0) is 14.3 Å². The monoisotopic (exact) mass is 386 g/mol. The van der Waals surface area contributed by atoms with Gasteiger partial charge in [0.15, 0.2) is 6.10 Å². The van der Waals surface area contributed by atoms with Crippen molar-refractivity contribution in [3.05, 3.63) is 29.8 Å². The van der Waals surface area contributed by atoms with Crippen LogP contribution in [0.1, 0.15) is 51.0 Å². The van der Waals surface area contributed by atoms with Crippen molar-refractivity contribution in [1.29, 1.82) is 5.26 Å². The highest BCUT2D eigenvalue weighted by Gasteiger charge is 2.61. The van der Waals surface area contributed by atoms with Crippen molar-refractivity contribution in [3.63, 3.8) is 0 Å². The van der Waals surface area contributed by atoms with Crippen LogP contribution in [0, 0.1) is 28.6 Å². The van der Waals surface area contributed by atoms with E-state index in [0.29, 0.717) is 29.5 Å². The molecule has 0 aromatic heterocycles. The zero-order chi connectivity index (χ0) is 19.2. The second-order valence-electron chi connectivity index (χ2n) is 8.59. The number of benzene rings is 1. The van der Waals surface area contributed by atoms with E-state index in [1.165, 1.54) is 0 Å². The lowest BCUT2D eigenvalue weighted by molar-refractivity contribution is -0.176. The largest absolute Gasteiger partial charge is 0.452 e. The first-order valence-corrected chi connectivity index (χ1v) is 9.90. The van der Waals surface area contributed by atoms with E-state index in [0.717, 1.165) is 32.1 Å². The topological polar surface area (TPSA) is 79.2 Å². The molecule has 0 spiro atoms. The van der Waals surface area contributed by atoms with E-state index in [2.05, 4.69) is 5.32 Å². The first-order valence-electron chi connectivity index (χ1n) is 9.52. The van der Waals surface area contributed by atoms with Crippen LogP contribution in [0.5, 0.6) is 0 Å². The molecular formula is C21H23ClN2O3. The number of hydrogen-bond donors (Lipinski definition) is 1. The molecule has 0 heterocycles. The summed E-state index contributed by atoms with van der Waals surface area (Å²) in [5.74, 6) is 0.250. The number of para-hydroxylation sites is 1. The summed E-state index contributed by atoms with van der Waals surface area (Å²) in [5.41, 5.74) is 0.252. The molecule has 5 rings (SSSR count). The van der Waals surface area contributed by atoms with Crippen LogP contribution in [0.25, 0.3) is 0 Å². The molecule has 4 aliphatic rings. The van der Waals surface area contributed by atoms with Gasteiger partial charge in [-0.15, -0.1) is 11.6 Å². The maximum absolute atomic E-state index is 13.0. The highest BCUT2D eigenvalue weighted by atomic mass is 35.5. The Morgan fingerprint density at radius 1 is 1.26 bits per heavy atom. The normalized spacial score (nSPS) is 34.6. The fourth-order valence-electron chi connectivity index (χ4n) is 5.65. The molecule has 5 nitrogen and oxygen atoms in total. The second-order valence-corrected chi connectivity index (χ2v) is 9.39. The highest BCUT2D eigenvalue weighted by molar-refractivity contribution is 6.24. The maximum atomic E-state index is 13.0. The number of carbonyl (C=O) groups is 2. The third-order valence-electron chi connectivity index (χ3n) is 6.38. The molecule has 1 aromatic rings. The third kappa shape index (κ3) is 3.32. The fourth-order valence-corrected chi connectivity index (χ4v) is 6.34. The molecule has 0 radical (unpaired) electrons. The summed E-state index contributed by atoms with van der Waals surface area (Å²) in [4.78, 5) is 25.2. The van der Waals surface area contributed by atoms with Gasteiger partial charge in [0.05, 0.1) is 16.7 Å². The van der Waals surface area contributed by atoms with Gasteiger partial charge in [-0.1, -0.05) is 12.1 Å². The number of amides is 1. The van der Waals surface area contributed by atoms with Gasteiger partial charge in [-0.25, -0.2) is 0 Å². The number of carbonyl (C=O) groups excluding carboxylic acids is 2. The lowest BCUT2D eigenvalue weighted by Gasteiger charge is -2.58. The van der Waals surface area contributed by atoms with Crippen molar-refractivity contribution in [3.8, 4) is 6.07 Å². The van der Waals surface area contributed by atoms with Crippen molar-refractivity contribution in [2.24, 2.45) is 17.3 Å². The predicted octanol–water partition coefficient (Wildman–Crippen LogP) is 4.01. The minimum Gasteiger partial charge on any atom is -0.452 e. The molecule has 142 valence electrons. The zero-order valence-corrected chi connectivity index (χ0v) is 16.1. The quantitative estimate of drug-likeness (QED) is 0.626. The molecule has 4 aliphatic carbocycles. The van der Waals surface area contributed by atoms with E-state index in [-0.39, 0.29) is 10.8 Å². The number of ether oxygens (including phenoxy) is 1. The summed E-state index contributed by atoms with van der Waals surface area (Å²) in [6.45, 7) is 1.57. The van der Waals surface area contributed by atoms with Crippen LogP contribution in [0.3, 0.4) is 0 Å². The van der Waals surface area contributed by atoms with E-state index >= 15 is 0 Å². The van der Waals surface area contributed by atoms with Crippen LogP contribution in [0.2, 0.25) is 0 Å². The van der Waals surface area contributed by atoms with Gasteiger partial charge in [0.2, 0.25) is 0 Å². The van der Waals surface area contributed by atoms with Gasteiger partial charge in [-0.3, -0.25) is 9.59 Å². The van der Waals surface area contributed by atoms with Gasteiger partial charge >= 0.3 is 5.97 Å². The summed E-state index contributed by atoms with van der Waals surface area (Å²) in [6, 6.07) is 8.78. The van der Waals surface area contributed by atoms with Crippen molar-refractivity contribution < 1.29 is 14.3 Å². The molecule has 6 heteroatoms. The lowest BCUT2D eigenvalue weighted by atomic mass is 9.49. The smallest absolute Gasteiger partial charge is 0.312 e. The molecule has 0 aliphatic heterocycles. The molecule has 0 saturated heterocycles. The number of nitrogens with one attached hydrogen (secondary N) is 1. The van der Waals surface area contributed by atoms with Crippen LogP contribution in [0.4, 0.5) is 5.69 Å². The van der Waals surface area contributed by atoms with E-state index in [1.807, 2.05) is 6.07 Å². The molecule has 4 bridgehead atoms. The Kier molecular flexibility index (Phi) is 4.43. The Morgan fingerprint density at radius 2 is 1.93 bits per heavy atom. The molecule has 27 heavy (non-hydrogen) atoms. The number of esters is 1. The summed E-state index contributed by atoms with van der Waals surface area (Å²) >= 11 is 6.79. The van der Waals surface area contributed by atoms with Crippen LogP contribution in [-0.4, -0.2) is 22.9 Å². The van der Waals surface area contributed by atoms with Crippen molar-refractivity contribution in [2.45, 2.75) is 56.4 Å². The number of nitriles is 1. The van der Waals surface area contributed by atoms with Gasteiger partial charge < -0.3 is 10.1 Å². The Bertz CT molecular complexity index is 817. The average Bonchev–Trinajstić information content (AvgIpc) is 2.60. The summed E-state index contributed by atoms with van der Waals surface area (Å²) in [6.07, 6.45) is 4.50. The number of anilines is 1. The predicted molar refractivity (Wildman–Crippen MR) is 101 cm³/mol. The zero-order valence-electron chi connectivity index (χ0n) is 15.3. The average molecular weight is 387 g/mol. The molecule has 1 aromatic carbocycles. The summed E-state index contributed by atoms with van der Waals surface area (Å²) in [7, 11) is 0. The lowest BCUT2D eigenvalue weighted by Crippen LogP contribution is -2.57. The number of nitrogens with zero attached hydrogens (tertiary/aromatic N) is 1. The molecule has 4 fully saturated rings. The van der Waals surface area contributed by atoms with Gasteiger partial charge in [-0.2, -0.15) is 5.26 Å². The Hall–Kier alpha value is -2.06. The summed E-state index contributed by atoms with van der Waals surface area (Å²) < 4.78 is 5.60. The van der Waals surface area contributed by atoms with Crippen LogP contribution < -0.4 is 5.32 Å². The minimum atomic E-state index is -0.927. The van der Waals surface area contributed by atoms with E-state index in [9.17, 15) is 9.59 Å². The maximum Gasteiger partial charge on any atom is 0.312 e. The van der Waals surface area contributed by atoms with Gasteiger partial charge in [0.1, 0.15) is 6.07 Å². The molecule has 0 unspecified atom stereocenters. The van der Waals surface area contributed by atoms with Crippen molar-refractivity contribution in [1.82, 2.24) is 0 Å². The van der Waals surface area contributed by atoms with Gasteiger partial charge in [0, 0.05) is 4.87 Å². The van der Waals surface area contributed by atoms with Crippen molar-refractivity contribution in [2.75, 3.05) is 5.32 Å². The van der Waals surface area contributed by atoms with E-state index in [4.69, 9.17) is 21.6 Å². The Labute approximate surface area is 164 Å². The van der Waals surface area contributed by atoms with Gasteiger partial charge in [-0.05, 0) is 69.4 Å². The van der Waals surface area contributed by atoms with Gasteiger partial charge in [0.25, 0.3) is 5.91 Å². The number of alkyl halides is 1. The van der Waals surface area contributed by atoms with Crippen molar-refractivity contribution >= 4 is 29.2 Å². The third-order valence-corrected chi connectivity index (χ3v) is 6.82.